The van der Waals surface area contributed by atoms with Gasteiger partial charge in [-0.25, -0.2) is 0 Å². The quantitative estimate of drug-likeness (QED) is 0.769. The van der Waals surface area contributed by atoms with Crippen molar-refractivity contribution >= 4 is 5.91 Å². The first-order valence-corrected chi connectivity index (χ1v) is 10.1. The zero-order chi connectivity index (χ0) is 17.8. The molecule has 0 bridgehead atoms. The van der Waals surface area contributed by atoms with Crippen molar-refractivity contribution in [3.8, 4) is 0 Å². The van der Waals surface area contributed by atoms with Crippen LogP contribution in [0.2, 0.25) is 0 Å². The molecule has 138 valence electrons. The van der Waals surface area contributed by atoms with Crippen LogP contribution in [0, 0.1) is 34.5 Å². The molecule has 3 heteroatoms. The van der Waals surface area contributed by atoms with Gasteiger partial charge in [-0.05, 0) is 61.2 Å². The molecule has 0 aromatic rings. The fourth-order valence-electron chi connectivity index (χ4n) is 7.12. The van der Waals surface area contributed by atoms with Gasteiger partial charge in [-0.1, -0.05) is 32.9 Å². The van der Waals surface area contributed by atoms with Crippen molar-refractivity contribution < 1.29 is 9.53 Å². The zero-order valence-corrected chi connectivity index (χ0v) is 16.0. The number of hydrogen-bond acceptors (Lipinski definition) is 2. The largest absolute Gasteiger partial charge is 0.374 e. The van der Waals surface area contributed by atoms with Crippen LogP contribution in [0.4, 0.5) is 0 Å². The number of amides is 1. The molecule has 25 heavy (non-hydrogen) atoms. The third-order valence-electron chi connectivity index (χ3n) is 8.26. The van der Waals surface area contributed by atoms with Crippen LogP contribution in [-0.4, -0.2) is 18.6 Å². The topological polar surface area (TPSA) is 38.3 Å². The van der Waals surface area contributed by atoms with Crippen LogP contribution in [0.25, 0.3) is 0 Å². The van der Waals surface area contributed by atoms with Crippen LogP contribution < -0.4 is 5.32 Å². The molecule has 1 heterocycles. The number of fused-ring (bicyclic) bond motifs is 5. The van der Waals surface area contributed by atoms with Crippen molar-refractivity contribution in [3.05, 3.63) is 24.4 Å². The molecule has 2 saturated carbocycles. The van der Waals surface area contributed by atoms with E-state index in [1.54, 1.807) is 0 Å². The number of piperidine rings is 1. The SMILES string of the molecule is C=CCOC1CC(C)[C@H]2[C@@H]3CC=C4NC(=O)CC[C@]4(C)[C@@H]3CC[C@]12C. The Labute approximate surface area is 152 Å². The highest BCUT2D eigenvalue weighted by Crippen LogP contribution is 2.65. The highest BCUT2D eigenvalue weighted by molar-refractivity contribution is 5.79. The Bertz CT molecular complexity index is 611. The molecule has 1 saturated heterocycles. The summed E-state index contributed by atoms with van der Waals surface area (Å²) in [6.07, 6.45) is 11.1. The van der Waals surface area contributed by atoms with Crippen molar-refractivity contribution in [3.63, 3.8) is 0 Å². The maximum absolute atomic E-state index is 11.9. The Kier molecular flexibility index (Phi) is 4.14. The summed E-state index contributed by atoms with van der Waals surface area (Å²) < 4.78 is 6.23. The first-order chi connectivity index (χ1) is 11.9. The van der Waals surface area contributed by atoms with E-state index in [0.717, 1.165) is 24.7 Å². The predicted octanol–water partition coefficient (Wildman–Crippen LogP) is 4.45. The van der Waals surface area contributed by atoms with Crippen LogP contribution in [0.15, 0.2) is 24.4 Å². The summed E-state index contributed by atoms with van der Waals surface area (Å²) in [6.45, 7) is 11.8. The normalized spacial score (nSPS) is 48.7. The van der Waals surface area contributed by atoms with Crippen LogP contribution in [0.5, 0.6) is 0 Å². The molecule has 0 aromatic heterocycles. The van der Waals surface area contributed by atoms with Crippen molar-refractivity contribution in [1.29, 1.82) is 0 Å². The molecule has 3 nitrogen and oxygen atoms in total. The maximum Gasteiger partial charge on any atom is 0.224 e. The second-order valence-electron chi connectivity index (χ2n) is 9.48. The third kappa shape index (κ3) is 2.45. The van der Waals surface area contributed by atoms with Crippen molar-refractivity contribution in [2.45, 2.75) is 65.4 Å². The minimum atomic E-state index is 0.165. The first kappa shape index (κ1) is 17.3. The fourth-order valence-corrected chi connectivity index (χ4v) is 7.12. The van der Waals surface area contributed by atoms with E-state index in [2.05, 4.69) is 38.7 Å². The molecule has 7 atom stereocenters. The minimum Gasteiger partial charge on any atom is -0.374 e. The van der Waals surface area contributed by atoms with Gasteiger partial charge in [0.25, 0.3) is 0 Å². The number of allylic oxidation sites excluding steroid dienone is 2. The lowest BCUT2D eigenvalue weighted by Gasteiger charge is -2.57. The van der Waals surface area contributed by atoms with E-state index in [9.17, 15) is 4.79 Å². The Morgan fingerprint density at radius 1 is 1.40 bits per heavy atom. The summed E-state index contributed by atoms with van der Waals surface area (Å²) in [5.74, 6) is 3.08. The number of rotatable bonds is 3. The summed E-state index contributed by atoms with van der Waals surface area (Å²) in [5, 5.41) is 3.20. The van der Waals surface area contributed by atoms with Crippen molar-refractivity contribution in [2.75, 3.05) is 6.61 Å². The Morgan fingerprint density at radius 3 is 2.96 bits per heavy atom. The van der Waals surface area contributed by atoms with Gasteiger partial charge in [0.2, 0.25) is 5.91 Å². The lowest BCUT2D eigenvalue weighted by molar-refractivity contribution is -0.126. The van der Waals surface area contributed by atoms with Crippen LogP contribution >= 0.6 is 0 Å². The van der Waals surface area contributed by atoms with Gasteiger partial charge in [0.05, 0.1) is 12.7 Å². The van der Waals surface area contributed by atoms with Crippen LogP contribution in [0.3, 0.4) is 0 Å². The van der Waals surface area contributed by atoms with Gasteiger partial charge >= 0.3 is 0 Å². The van der Waals surface area contributed by atoms with E-state index in [1.165, 1.54) is 25.0 Å². The van der Waals surface area contributed by atoms with Gasteiger partial charge in [0, 0.05) is 17.5 Å². The number of carbonyl (C=O) groups is 1. The molecular weight excluding hydrogens is 310 g/mol. The lowest BCUT2D eigenvalue weighted by Crippen LogP contribution is -2.54. The van der Waals surface area contributed by atoms with E-state index in [1.807, 2.05) is 6.08 Å². The molecule has 0 aromatic carbocycles. The average molecular weight is 344 g/mol. The molecule has 2 unspecified atom stereocenters. The molecule has 3 aliphatic carbocycles. The molecule has 4 rings (SSSR count). The fraction of sp³-hybridized carbons (Fsp3) is 0.773. The van der Waals surface area contributed by atoms with Gasteiger partial charge in [-0.15, -0.1) is 6.58 Å². The van der Waals surface area contributed by atoms with E-state index >= 15 is 0 Å². The highest BCUT2D eigenvalue weighted by atomic mass is 16.5. The smallest absolute Gasteiger partial charge is 0.224 e. The molecule has 0 spiro atoms. The highest BCUT2D eigenvalue weighted by Gasteiger charge is 2.61. The third-order valence-corrected chi connectivity index (χ3v) is 8.26. The van der Waals surface area contributed by atoms with E-state index in [4.69, 9.17) is 4.74 Å². The van der Waals surface area contributed by atoms with Gasteiger partial charge in [0.15, 0.2) is 0 Å². The summed E-state index contributed by atoms with van der Waals surface area (Å²) in [7, 11) is 0. The molecule has 1 aliphatic heterocycles. The molecular formula is C22H33NO2. The maximum atomic E-state index is 11.9. The summed E-state index contributed by atoms with van der Waals surface area (Å²) in [5.41, 5.74) is 1.68. The summed E-state index contributed by atoms with van der Waals surface area (Å²) >= 11 is 0. The number of hydrogen-bond donors (Lipinski definition) is 1. The predicted molar refractivity (Wildman–Crippen MR) is 99.7 cm³/mol. The molecule has 4 aliphatic rings. The average Bonchev–Trinajstić information content (AvgIpc) is 2.84. The first-order valence-electron chi connectivity index (χ1n) is 10.1. The number of nitrogens with one attached hydrogen (secondary N) is 1. The summed E-state index contributed by atoms with van der Waals surface area (Å²) in [6, 6.07) is 0. The molecule has 1 amide bonds. The monoisotopic (exact) mass is 343 g/mol. The summed E-state index contributed by atoms with van der Waals surface area (Å²) in [4.78, 5) is 11.9. The second-order valence-corrected chi connectivity index (χ2v) is 9.48. The standard InChI is InChI=1S/C22H33NO2/c1-5-12-25-18-13-14(2)20-15-6-7-17-21(3,11-9-19(24)23-17)16(15)8-10-22(18,20)4/h5,7,14-16,18,20H,1,6,8-13H2,2-4H3,(H,23,24)/t14?,15-,16-,18?,20+,21-,22-/m1/s1. The molecule has 0 radical (unpaired) electrons. The van der Waals surface area contributed by atoms with Crippen molar-refractivity contribution in [2.24, 2.45) is 34.5 Å². The van der Waals surface area contributed by atoms with Crippen LogP contribution in [-0.2, 0) is 9.53 Å². The van der Waals surface area contributed by atoms with Gasteiger partial charge in [-0.2, -0.15) is 0 Å². The van der Waals surface area contributed by atoms with Gasteiger partial charge in [-0.3, -0.25) is 4.79 Å². The Morgan fingerprint density at radius 2 is 2.20 bits per heavy atom. The van der Waals surface area contributed by atoms with Crippen LogP contribution in [0.1, 0.15) is 59.3 Å². The zero-order valence-electron chi connectivity index (χ0n) is 16.0. The molecule has 3 fully saturated rings. The number of ether oxygens (including phenoxy) is 1. The Hall–Kier alpha value is -1.09. The van der Waals surface area contributed by atoms with E-state index < -0.39 is 0 Å². The van der Waals surface area contributed by atoms with Crippen molar-refractivity contribution in [1.82, 2.24) is 5.32 Å². The van der Waals surface area contributed by atoms with E-state index in [0.29, 0.717) is 36.4 Å². The van der Waals surface area contributed by atoms with Gasteiger partial charge in [0.1, 0.15) is 0 Å². The Balaban J connectivity index is 1.64. The minimum absolute atomic E-state index is 0.165. The molecule has 1 N–H and O–H groups in total. The van der Waals surface area contributed by atoms with E-state index in [-0.39, 0.29) is 11.3 Å². The number of carbonyl (C=O) groups excluding carboxylic acids is 1. The van der Waals surface area contributed by atoms with Gasteiger partial charge < -0.3 is 10.1 Å². The second kappa shape index (κ2) is 5.97. The lowest BCUT2D eigenvalue weighted by atomic mass is 9.49.